The molecule has 1 saturated carbocycles. The lowest BCUT2D eigenvalue weighted by Gasteiger charge is -2.34. The van der Waals surface area contributed by atoms with Crippen LogP contribution < -0.4 is 14.8 Å². The van der Waals surface area contributed by atoms with E-state index in [0.717, 1.165) is 29.3 Å². The van der Waals surface area contributed by atoms with Crippen LogP contribution in [0.1, 0.15) is 68.7 Å². The van der Waals surface area contributed by atoms with Gasteiger partial charge in [0, 0.05) is 12.6 Å². The molecule has 0 radical (unpaired) electrons. The first-order valence-corrected chi connectivity index (χ1v) is 13.0. The van der Waals surface area contributed by atoms with E-state index in [-0.39, 0.29) is 41.5 Å². The number of amides is 1. The zero-order chi connectivity index (χ0) is 27.5. The van der Waals surface area contributed by atoms with E-state index >= 15 is 0 Å². The minimum absolute atomic E-state index is 0.0564. The monoisotopic (exact) mass is 545 g/mol. The number of hydrogen-bond donors (Lipinski definition) is 2. The predicted molar refractivity (Wildman–Crippen MR) is 131 cm³/mol. The summed E-state index contributed by atoms with van der Waals surface area (Å²) in [5, 5.41) is 0. The van der Waals surface area contributed by atoms with Gasteiger partial charge in [0.1, 0.15) is 17.6 Å². The van der Waals surface area contributed by atoms with Crippen molar-refractivity contribution in [2.45, 2.75) is 70.6 Å². The number of hydrogen-bond acceptors (Lipinski definition) is 5. The van der Waals surface area contributed by atoms with E-state index in [2.05, 4.69) is 18.8 Å². The number of thiol groups is 1. The summed E-state index contributed by atoms with van der Waals surface area (Å²) in [6.07, 6.45) is -1.67. The molecule has 2 aromatic rings. The number of alkyl halides is 3. The highest BCUT2D eigenvalue weighted by molar-refractivity contribution is 7.74. The molecular formula is C25H31F4N3O4S. The number of benzene rings is 1. The normalized spacial score (nSPS) is 17.0. The average molecular weight is 546 g/mol. The molecule has 0 spiro atoms. The highest BCUT2D eigenvalue weighted by atomic mass is 32.2. The number of aromatic nitrogens is 1. The van der Waals surface area contributed by atoms with Crippen LogP contribution in [-0.4, -0.2) is 32.5 Å². The van der Waals surface area contributed by atoms with Gasteiger partial charge >= 0.3 is 6.18 Å². The summed E-state index contributed by atoms with van der Waals surface area (Å²) in [4.78, 5) is 15.9. The summed E-state index contributed by atoms with van der Waals surface area (Å²) in [7, 11) is -1.87. The molecule has 1 aromatic heterocycles. The molecule has 0 bridgehead atoms. The summed E-state index contributed by atoms with van der Waals surface area (Å²) in [5.74, 6) is -2.72. The lowest BCUT2D eigenvalue weighted by atomic mass is 9.76. The molecule has 3 rings (SSSR count). The van der Waals surface area contributed by atoms with Crippen LogP contribution in [0.4, 0.5) is 23.2 Å². The van der Waals surface area contributed by atoms with Crippen molar-refractivity contribution < 1.29 is 35.5 Å². The Morgan fingerprint density at radius 3 is 2.41 bits per heavy atom. The Bertz CT molecular complexity index is 1200. The van der Waals surface area contributed by atoms with E-state index in [0.29, 0.717) is 18.4 Å². The smallest absolute Gasteiger partial charge is 0.433 e. The van der Waals surface area contributed by atoms with Crippen LogP contribution in [0, 0.1) is 11.2 Å². The Balaban J connectivity index is 1.84. The van der Waals surface area contributed by atoms with Crippen LogP contribution in [0.2, 0.25) is 0 Å². The van der Waals surface area contributed by atoms with Gasteiger partial charge in [0.15, 0.2) is 0 Å². The van der Waals surface area contributed by atoms with Crippen molar-refractivity contribution in [3.63, 3.8) is 0 Å². The first-order valence-electron chi connectivity index (χ1n) is 11.9. The number of ether oxygens (including phenoxy) is 1. The van der Waals surface area contributed by atoms with E-state index < -0.39 is 40.4 Å². The molecule has 1 amide bonds. The van der Waals surface area contributed by atoms with Gasteiger partial charge in [-0.2, -0.15) is 13.2 Å². The van der Waals surface area contributed by atoms with Crippen LogP contribution in [0.15, 0.2) is 30.3 Å². The lowest BCUT2D eigenvalue weighted by molar-refractivity contribution is -0.141. The SMILES string of the molecule is CN(c1ccc(C(CCc2ccc(C(F)(F)F)nc2OC2CCC(C)(C)CC2)C(N)=O)cc1F)[SH](=O)=O. The molecule has 1 aliphatic rings. The number of aryl methyl sites for hydroxylation is 1. The maximum Gasteiger partial charge on any atom is 0.433 e. The van der Waals surface area contributed by atoms with Gasteiger partial charge in [-0.25, -0.2) is 17.8 Å². The van der Waals surface area contributed by atoms with Crippen molar-refractivity contribution in [1.82, 2.24) is 4.98 Å². The van der Waals surface area contributed by atoms with Gasteiger partial charge in [-0.15, -0.1) is 0 Å². The summed E-state index contributed by atoms with van der Waals surface area (Å²) in [6, 6.07) is 5.80. The first kappa shape index (κ1) is 28.7. The van der Waals surface area contributed by atoms with Crippen molar-refractivity contribution in [3.8, 4) is 5.88 Å². The number of nitrogens with two attached hydrogens (primary N) is 1. The molecule has 204 valence electrons. The highest BCUT2D eigenvalue weighted by Gasteiger charge is 2.34. The first-order chi connectivity index (χ1) is 17.2. The fraction of sp³-hybridized carbons (Fsp3) is 0.520. The molecule has 2 N–H and O–H groups in total. The van der Waals surface area contributed by atoms with E-state index in [9.17, 15) is 30.8 Å². The van der Waals surface area contributed by atoms with E-state index in [1.54, 1.807) is 0 Å². The number of nitrogens with zero attached hydrogens (tertiary/aromatic N) is 2. The standard InChI is InChI=1S/C25H31F4N3O4S/c1-24(2)12-10-17(11-13-24)36-23-15(6-9-21(31-23)25(27,28)29)4-7-18(22(30)33)16-5-8-20(19(26)14-16)32(3)37(34)35/h5-6,8-9,14,17-18,37H,4,7,10-13H2,1-3H3,(H2,30,33). The van der Waals surface area contributed by atoms with Gasteiger partial charge in [0.2, 0.25) is 22.7 Å². The largest absolute Gasteiger partial charge is 0.474 e. The third kappa shape index (κ3) is 7.33. The van der Waals surface area contributed by atoms with Crippen LogP contribution >= 0.6 is 0 Å². The van der Waals surface area contributed by atoms with Gasteiger partial charge in [-0.1, -0.05) is 26.0 Å². The molecule has 37 heavy (non-hydrogen) atoms. The number of carbonyl (C=O) groups excluding carboxylic acids is 1. The number of primary amides is 1. The molecule has 1 unspecified atom stereocenters. The van der Waals surface area contributed by atoms with Crippen molar-refractivity contribution in [3.05, 3.63) is 53.0 Å². The number of anilines is 1. The van der Waals surface area contributed by atoms with Gasteiger partial charge < -0.3 is 10.5 Å². The van der Waals surface area contributed by atoms with Crippen molar-refractivity contribution in [2.75, 3.05) is 11.4 Å². The summed E-state index contributed by atoms with van der Waals surface area (Å²) in [6.45, 7) is 4.27. The second-order valence-electron chi connectivity index (χ2n) is 10.1. The van der Waals surface area contributed by atoms with E-state index in [4.69, 9.17) is 10.5 Å². The quantitative estimate of drug-likeness (QED) is 0.350. The highest BCUT2D eigenvalue weighted by Crippen LogP contribution is 2.38. The Hall–Kier alpha value is -2.89. The minimum Gasteiger partial charge on any atom is -0.474 e. The molecule has 12 heteroatoms. The maximum absolute atomic E-state index is 14.6. The van der Waals surface area contributed by atoms with Crippen molar-refractivity contribution in [2.24, 2.45) is 11.1 Å². The predicted octanol–water partition coefficient (Wildman–Crippen LogP) is 4.75. The Labute approximate surface area is 215 Å². The molecule has 0 saturated heterocycles. The van der Waals surface area contributed by atoms with E-state index in [1.165, 1.54) is 25.2 Å². The van der Waals surface area contributed by atoms with Crippen molar-refractivity contribution in [1.29, 1.82) is 0 Å². The molecule has 1 aromatic carbocycles. The van der Waals surface area contributed by atoms with Crippen LogP contribution in [0.25, 0.3) is 0 Å². The molecular weight excluding hydrogens is 514 g/mol. The number of pyridine rings is 1. The summed E-state index contributed by atoms with van der Waals surface area (Å²) < 4.78 is 83.6. The molecule has 7 nitrogen and oxygen atoms in total. The third-order valence-corrected chi connectivity index (χ3v) is 7.51. The fourth-order valence-electron chi connectivity index (χ4n) is 4.43. The topological polar surface area (TPSA) is 103 Å². The Morgan fingerprint density at radius 2 is 1.86 bits per heavy atom. The van der Waals surface area contributed by atoms with Gasteiger partial charge in [0.05, 0.1) is 11.6 Å². The third-order valence-electron chi connectivity index (χ3n) is 6.81. The summed E-state index contributed by atoms with van der Waals surface area (Å²) in [5.41, 5.74) is 5.03. The van der Waals surface area contributed by atoms with E-state index in [1.807, 2.05) is 0 Å². The summed E-state index contributed by atoms with van der Waals surface area (Å²) >= 11 is 0. The minimum atomic E-state index is -4.65. The number of halogens is 4. The zero-order valence-electron chi connectivity index (χ0n) is 20.8. The molecule has 1 aliphatic carbocycles. The number of rotatable bonds is 9. The molecule has 0 aliphatic heterocycles. The van der Waals surface area contributed by atoms with Gasteiger partial charge in [-0.3, -0.25) is 9.10 Å². The second kappa shape index (κ2) is 11.2. The second-order valence-corrected chi connectivity index (χ2v) is 11.2. The lowest BCUT2D eigenvalue weighted by Crippen LogP contribution is -2.29. The Morgan fingerprint density at radius 1 is 1.22 bits per heavy atom. The van der Waals surface area contributed by atoms with Crippen LogP contribution in [-0.2, 0) is 28.3 Å². The van der Waals surface area contributed by atoms with Gasteiger partial charge in [-0.05, 0) is 67.7 Å². The fourth-order valence-corrected chi connectivity index (χ4v) is 4.77. The molecule has 1 heterocycles. The Kier molecular flexibility index (Phi) is 8.71. The maximum atomic E-state index is 14.6. The van der Waals surface area contributed by atoms with Crippen LogP contribution in [0.3, 0.4) is 0 Å². The van der Waals surface area contributed by atoms with Crippen LogP contribution in [0.5, 0.6) is 5.88 Å². The average Bonchev–Trinajstić information content (AvgIpc) is 2.80. The molecule has 1 fully saturated rings. The molecule has 1 atom stereocenters. The zero-order valence-corrected chi connectivity index (χ0v) is 21.7. The number of carbonyl (C=O) groups is 1. The van der Waals surface area contributed by atoms with Crippen molar-refractivity contribution >= 4 is 22.5 Å². The van der Waals surface area contributed by atoms with Gasteiger partial charge in [0.25, 0.3) is 0 Å².